The Bertz CT molecular complexity index is 610. The fourth-order valence-electron chi connectivity index (χ4n) is 1.39. The molecule has 6 heteroatoms. The molecule has 0 spiro atoms. The third kappa shape index (κ3) is 2.71. The van der Waals surface area contributed by atoms with Crippen LogP contribution in [0.3, 0.4) is 0 Å². The van der Waals surface area contributed by atoms with Crippen molar-refractivity contribution in [2.24, 2.45) is 0 Å². The number of hydrogen-bond donors (Lipinski definition) is 1. The summed E-state index contributed by atoms with van der Waals surface area (Å²) in [6.07, 6.45) is 1.36. The maximum Gasteiger partial charge on any atom is 0.260 e. The van der Waals surface area contributed by atoms with Gasteiger partial charge in [-0.3, -0.25) is 4.79 Å². The zero-order chi connectivity index (χ0) is 13.3. The van der Waals surface area contributed by atoms with Crippen molar-refractivity contribution < 1.29 is 9.21 Å². The van der Waals surface area contributed by atoms with E-state index in [1.54, 1.807) is 6.07 Å². The highest BCUT2D eigenvalue weighted by Crippen LogP contribution is 2.30. The molecule has 0 unspecified atom stereocenters. The highest BCUT2D eigenvalue weighted by atomic mass is 79.9. The lowest BCUT2D eigenvalue weighted by atomic mass is 10.2. The van der Waals surface area contributed by atoms with E-state index < -0.39 is 0 Å². The van der Waals surface area contributed by atoms with Crippen LogP contribution in [0.2, 0.25) is 10.2 Å². The number of aryl methyl sites for hydroxylation is 1. The summed E-state index contributed by atoms with van der Waals surface area (Å²) in [5, 5.41) is 3.34. The number of halogens is 3. The summed E-state index contributed by atoms with van der Waals surface area (Å²) in [5.74, 6) is -0.352. The first-order valence-corrected chi connectivity index (χ1v) is 6.54. The molecule has 3 nitrogen and oxygen atoms in total. The fourth-order valence-corrected chi connectivity index (χ4v) is 2.31. The first-order valence-electron chi connectivity index (χ1n) is 4.99. The molecular weight excluding hydrogens is 341 g/mol. The zero-order valence-corrected chi connectivity index (χ0v) is 12.4. The predicted molar refractivity (Wildman–Crippen MR) is 75.6 cm³/mol. The van der Waals surface area contributed by atoms with E-state index in [0.29, 0.717) is 10.7 Å². The van der Waals surface area contributed by atoms with Gasteiger partial charge in [0.05, 0.1) is 17.5 Å². The number of carbonyl (C=O) groups excluding carboxylic acids is 1. The number of benzene rings is 1. The number of nitrogens with one attached hydrogen (secondary N) is 1. The zero-order valence-electron chi connectivity index (χ0n) is 9.26. The van der Waals surface area contributed by atoms with E-state index in [1.165, 1.54) is 12.3 Å². The van der Waals surface area contributed by atoms with E-state index in [-0.39, 0.29) is 16.7 Å². The number of carbonyl (C=O) groups is 1. The minimum Gasteiger partial charge on any atom is -0.452 e. The molecule has 0 bridgehead atoms. The summed E-state index contributed by atoms with van der Waals surface area (Å²) in [6.45, 7) is 1.88. The van der Waals surface area contributed by atoms with Crippen molar-refractivity contribution in [2.45, 2.75) is 6.92 Å². The lowest BCUT2D eigenvalue weighted by molar-refractivity contribution is 0.102. The molecule has 1 aromatic carbocycles. The Morgan fingerprint density at radius 1 is 1.39 bits per heavy atom. The van der Waals surface area contributed by atoms with Crippen LogP contribution in [-0.2, 0) is 0 Å². The fraction of sp³-hybridized carbons (Fsp3) is 0.0833. The highest BCUT2D eigenvalue weighted by molar-refractivity contribution is 9.10. The summed E-state index contributed by atoms with van der Waals surface area (Å²) in [4.78, 5) is 11.9. The first kappa shape index (κ1) is 13.5. The molecule has 18 heavy (non-hydrogen) atoms. The van der Waals surface area contributed by atoms with Gasteiger partial charge < -0.3 is 9.73 Å². The number of hydrogen-bond acceptors (Lipinski definition) is 2. The predicted octanol–water partition coefficient (Wildman–Crippen LogP) is 4.91. The van der Waals surface area contributed by atoms with E-state index >= 15 is 0 Å². The summed E-state index contributed by atoms with van der Waals surface area (Å²) in [6, 6.07) is 5.00. The van der Waals surface area contributed by atoms with Gasteiger partial charge >= 0.3 is 0 Å². The summed E-state index contributed by atoms with van der Waals surface area (Å²) < 4.78 is 5.61. The normalized spacial score (nSPS) is 10.4. The van der Waals surface area contributed by atoms with Crippen molar-refractivity contribution in [1.29, 1.82) is 0 Å². The van der Waals surface area contributed by atoms with Gasteiger partial charge in [-0.25, -0.2) is 0 Å². The van der Waals surface area contributed by atoms with Crippen molar-refractivity contribution in [3.8, 4) is 0 Å². The third-order valence-corrected chi connectivity index (χ3v) is 3.72. The summed E-state index contributed by atoms with van der Waals surface area (Å²) in [5.41, 5.74) is 1.77. The van der Waals surface area contributed by atoms with E-state index in [1.807, 2.05) is 13.0 Å². The molecule has 94 valence electrons. The van der Waals surface area contributed by atoms with Gasteiger partial charge in [0.15, 0.2) is 0 Å². The van der Waals surface area contributed by atoms with Gasteiger partial charge in [0.2, 0.25) is 5.22 Å². The van der Waals surface area contributed by atoms with E-state index in [2.05, 4.69) is 21.2 Å². The Balaban J connectivity index is 2.28. The van der Waals surface area contributed by atoms with Crippen LogP contribution < -0.4 is 5.32 Å². The van der Waals surface area contributed by atoms with Crippen LogP contribution in [0.4, 0.5) is 5.69 Å². The molecule has 0 fully saturated rings. The molecular formula is C12H8BrCl2NO2. The van der Waals surface area contributed by atoms with Crippen LogP contribution in [-0.4, -0.2) is 5.91 Å². The monoisotopic (exact) mass is 347 g/mol. The Kier molecular flexibility index (Phi) is 4.00. The summed E-state index contributed by atoms with van der Waals surface area (Å²) >= 11 is 15.1. The van der Waals surface area contributed by atoms with Gasteiger partial charge in [-0.2, -0.15) is 0 Å². The van der Waals surface area contributed by atoms with Crippen LogP contribution in [0.15, 0.2) is 33.4 Å². The van der Waals surface area contributed by atoms with Crippen molar-refractivity contribution in [3.63, 3.8) is 0 Å². The molecule has 0 aliphatic rings. The Labute approximate surface area is 122 Å². The minimum absolute atomic E-state index is 0.0573. The maximum absolute atomic E-state index is 11.9. The Morgan fingerprint density at radius 3 is 2.72 bits per heavy atom. The molecule has 0 radical (unpaired) electrons. The second kappa shape index (κ2) is 5.34. The molecule has 0 aliphatic carbocycles. The standard InChI is InChI=1S/C12H8BrCl2NO2/c1-6-4-8(13)10(5-9(6)14)16-12(17)7-2-3-18-11(7)15/h2-5H,1H3,(H,16,17). The Hall–Kier alpha value is -0.970. The third-order valence-electron chi connectivity index (χ3n) is 2.36. The average molecular weight is 349 g/mol. The van der Waals surface area contributed by atoms with Crippen molar-refractivity contribution >= 4 is 50.7 Å². The van der Waals surface area contributed by atoms with Crippen LogP contribution in [0, 0.1) is 6.92 Å². The highest BCUT2D eigenvalue weighted by Gasteiger charge is 2.15. The van der Waals surface area contributed by atoms with Crippen molar-refractivity contribution in [1.82, 2.24) is 0 Å². The minimum atomic E-state index is -0.352. The number of amides is 1. The van der Waals surface area contributed by atoms with Gasteiger partial charge in [-0.05, 0) is 58.2 Å². The van der Waals surface area contributed by atoms with Gasteiger partial charge in [-0.15, -0.1) is 0 Å². The molecule has 2 rings (SSSR count). The molecule has 1 heterocycles. The molecule has 0 saturated heterocycles. The topological polar surface area (TPSA) is 42.2 Å². The maximum atomic E-state index is 11.9. The molecule has 0 saturated carbocycles. The van der Waals surface area contributed by atoms with E-state index in [0.717, 1.165) is 10.0 Å². The smallest absolute Gasteiger partial charge is 0.260 e. The average Bonchev–Trinajstić information content (AvgIpc) is 2.72. The number of rotatable bonds is 2. The summed E-state index contributed by atoms with van der Waals surface area (Å²) in [7, 11) is 0. The van der Waals surface area contributed by atoms with Gasteiger partial charge in [0, 0.05) is 9.50 Å². The van der Waals surface area contributed by atoms with E-state index in [9.17, 15) is 4.79 Å². The second-order valence-corrected chi connectivity index (χ2v) is 5.25. The molecule has 0 atom stereocenters. The van der Waals surface area contributed by atoms with Crippen LogP contribution in [0.5, 0.6) is 0 Å². The van der Waals surface area contributed by atoms with Crippen LogP contribution in [0.1, 0.15) is 15.9 Å². The molecule has 1 amide bonds. The Morgan fingerprint density at radius 2 is 2.11 bits per heavy atom. The van der Waals surface area contributed by atoms with Gasteiger partial charge in [0.1, 0.15) is 0 Å². The van der Waals surface area contributed by atoms with E-state index in [4.69, 9.17) is 27.6 Å². The lowest BCUT2D eigenvalue weighted by Gasteiger charge is -2.08. The second-order valence-electron chi connectivity index (χ2n) is 3.64. The molecule has 1 N–H and O–H groups in total. The van der Waals surface area contributed by atoms with Crippen molar-refractivity contribution in [3.05, 3.63) is 50.3 Å². The molecule has 1 aromatic heterocycles. The largest absolute Gasteiger partial charge is 0.452 e. The van der Waals surface area contributed by atoms with Crippen molar-refractivity contribution in [2.75, 3.05) is 5.32 Å². The first-order chi connectivity index (χ1) is 8.49. The van der Waals surface area contributed by atoms with Gasteiger partial charge in [-0.1, -0.05) is 11.6 Å². The van der Waals surface area contributed by atoms with Crippen LogP contribution >= 0.6 is 39.1 Å². The number of furan rings is 1. The number of anilines is 1. The molecule has 2 aromatic rings. The van der Waals surface area contributed by atoms with Gasteiger partial charge in [0.25, 0.3) is 5.91 Å². The lowest BCUT2D eigenvalue weighted by Crippen LogP contribution is -2.11. The SMILES string of the molecule is Cc1cc(Br)c(NC(=O)c2ccoc2Cl)cc1Cl. The van der Waals surface area contributed by atoms with Crippen LogP contribution in [0.25, 0.3) is 0 Å². The quantitative estimate of drug-likeness (QED) is 0.837. The molecule has 0 aliphatic heterocycles.